The summed E-state index contributed by atoms with van der Waals surface area (Å²) in [6, 6.07) is 0. The summed E-state index contributed by atoms with van der Waals surface area (Å²) in [5, 5.41) is 8.41. The molecule has 0 atom stereocenters. The summed E-state index contributed by atoms with van der Waals surface area (Å²) in [5.41, 5.74) is -1.11. The fourth-order valence-electron chi connectivity index (χ4n) is 1.22. The Kier molecular flexibility index (Phi) is 4.80. The Balaban J connectivity index is 3.42. The lowest BCUT2D eigenvalue weighted by Crippen LogP contribution is -2.08. The highest BCUT2D eigenvalue weighted by molar-refractivity contribution is 6.36. The molecule has 1 rings (SSSR count). The van der Waals surface area contributed by atoms with Crippen molar-refractivity contribution in [3.8, 4) is 0 Å². The topological polar surface area (TPSA) is 20.2 Å². The normalized spacial score (nSPS) is 12.1. The molecule has 0 aliphatic heterocycles. The molecule has 0 heterocycles. The Hall–Kier alpha value is -0.780. The highest BCUT2D eigenvalue weighted by Gasteiger charge is 2.24. The second kappa shape index (κ2) is 5.71. The third-order valence-corrected chi connectivity index (χ3v) is 2.69. The van der Waals surface area contributed by atoms with Crippen LogP contribution < -0.4 is 0 Å². The minimum Gasteiger partial charge on any atom is -0.391 e. The maximum atomic E-state index is 13.4. The monoisotopic (exact) mass is 288 g/mol. The first-order chi connectivity index (χ1) is 7.93. The van der Waals surface area contributed by atoms with Crippen molar-refractivity contribution in [3.63, 3.8) is 0 Å². The fraction of sp³-hybridized carbons (Fsp3) is 0.200. The zero-order chi connectivity index (χ0) is 13.2. The Morgan fingerprint density at radius 2 is 1.41 bits per heavy atom. The van der Waals surface area contributed by atoms with E-state index in [2.05, 4.69) is 0 Å². The molecule has 1 nitrogen and oxygen atoms in total. The summed E-state index contributed by atoms with van der Waals surface area (Å²) in [7, 11) is 0. The molecule has 0 saturated carbocycles. The SMILES string of the molecule is OCc1c(F)c(F)c(C/C(Cl)=C/Cl)c(F)c1F. The van der Waals surface area contributed by atoms with Crippen LogP contribution in [0.15, 0.2) is 10.6 Å². The summed E-state index contributed by atoms with van der Waals surface area (Å²) in [4.78, 5) is 0. The van der Waals surface area contributed by atoms with Crippen molar-refractivity contribution in [3.05, 3.63) is 45.0 Å². The number of aliphatic hydroxyl groups is 1. The van der Waals surface area contributed by atoms with E-state index in [1.54, 1.807) is 0 Å². The van der Waals surface area contributed by atoms with Crippen LogP contribution in [0.3, 0.4) is 0 Å². The Labute approximate surface area is 104 Å². The molecule has 1 aromatic carbocycles. The second-order valence-corrected chi connectivity index (χ2v) is 3.81. The lowest BCUT2D eigenvalue weighted by atomic mass is 10.1. The summed E-state index contributed by atoms with van der Waals surface area (Å²) in [6.07, 6.45) is -0.581. The lowest BCUT2D eigenvalue weighted by Gasteiger charge is -2.09. The molecule has 94 valence electrons. The van der Waals surface area contributed by atoms with Crippen molar-refractivity contribution in [2.24, 2.45) is 0 Å². The van der Waals surface area contributed by atoms with Gasteiger partial charge in [-0.3, -0.25) is 0 Å². The average Bonchev–Trinajstić information content (AvgIpc) is 2.32. The third-order valence-electron chi connectivity index (χ3n) is 2.07. The molecular weight excluding hydrogens is 283 g/mol. The molecule has 0 bridgehead atoms. The highest BCUT2D eigenvalue weighted by atomic mass is 35.5. The number of hydrogen-bond acceptors (Lipinski definition) is 1. The van der Waals surface area contributed by atoms with Gasteiger partial charge in [-0.1, -0.05) is 23.2 Å². The molecule has 0 fully saturated rings. The van der Waals surface area contributed by atoms with Gasteiger partial charge in [0.05, 0.1) is 12.2 Å². The summed E-state index contributed by atoms with van der Waals surface area (Å²) < 4.78 is 53.2. The minimum absolute atomic E-state index is 0.181. The van der Waals surface area contributed by atoms with Gasteiger partial charge >= 0.3 is 0 Å². The predicted molar refractivity (Wildman–Crippen MR) is 55.7 cm³/mol. The van der Waals surface area contributed by atoms with E-state index in [9.17, 15) is 17.6 Å². The first-order valence-electron chi connectivity index (χ1n) is 4.33. The van der Waals surface area contributed by atoms with E-state index in [0.29, 0.717) is 0 Å². The van der Waals surface area contributed by atoms with E-state index in [1.807, 2.05) is 0 Å². The van der Waals surface area contributed by atoms with Gasteiger partial charge in [-0.2, -0.15) is 0 Å². The molecule has 7 heteroatoms. The smallest absolute Gasteiger partial charge is 0.167 e. The number of rotatable bonds is 3. The van der Waals surface area contributed by atoms with Crippen LogP contribution in [0.25, 0.3) is 0 Å². The molecule has 0 amide bonds. The standard InChI is InChI=1S/C10H6Cl2F4O/c11-2-4(12)1-5-7(13)9(15)6(3-17)10(16)8(5)14/h2,17H,1,3H2/b4-2-. The molecule has 0 spiro atoms. The molecular formula is C10H6Cl2F4O. The van der Waals surface area contributed by atoms with Gasteiger partial charge in [-0.05, 0) is 0 Å². The van der Waals surface area contributed by atoms with Crippen molar-refractivity contribution in [2.45, 2.75) is 13.0 Å². The van der Waals surface area contributed by atoms with Gasteiger partial charge in [0.1, 0.15) is 0 Å². The van der Waals surface area contributed by atoms with Crippen LogP contribution in [0.5, 0.6) is 0 Å². The first kappa shape index (κ1) is 14.3. The summed E-state index contributed by atoms with van der Waals surface area (Å²) in [6.45, 7) is -1.15. The summed E-state index contributed by atoms with van der Waals surface area (Å²) >= 11 is 10.6. The van der Waals surface area contributed by atoms with Gasteiger partial charge in [0, 0.05) is 22.6 Å². The van der Waals surface area contributed by atoms with Crippen LogP contribution in [-0.2, 0) is 13.0 Å². The van der Waals surface area contributed by atoms with Gasteiger partial charge in [0.2, 0.25) is 0 Å². The van der Waals surface area contributed by atoms with Crippen molar-refractivity contribution in [1.82, 2.24) is 0 Å². The zero-order valence-electron chi connectivity index (χ0n) is 8.21. The molecule has 1 aromatic rings. The maximum absolute atomic E-state index is 13.4. The fourth-order valence-corrected chi connectivity index (χ4v) is 1.43. The molecule has 0 radical (unpaired) electrons. The van der Waals surface area contributed by atoms with Gasteiger partial charge in [-0.25, -0.2) is 17.6 Å². The second-order valence-electron chi connectivity index (χ2n) is 3.10. The van der Waals surface area contributed by atoms with Crippen LogP contribution in [0, 0.1) is 23.3 Å². The van der Waals surface area contributed by atoms with Crippen molar-refractivity contribution in [1.29, 1.82) is 0 Å². The molecule has 0 aliphatic carbocycles. The van der Waals surface area contributed by atoms with Gasteiger partial charge in [0.15, 0.2) is 23.3 Å². The van der Waals surface area contributed by atoms with Crippen LogP contribution in [0.4, 0.5) is 17.6 Å². The zero-order valence-corrected chi connectivity index (χ0v) is 9.72. The Bertz CT molecular complexity index is 445. The lowest BCUT2D eigenvalue weighted by molar-refractivity contribution is 0.262. The summed E-state index contributed by atoms with van der Waals surface area (Å²) in [5.74, 6) is -6.46. The van der Waals surface area contributed by atoms with Crippen molar-refractivity contribution < 1.29 is 22.7 Å². The van der Waals surface area contributed by atoms with Crippen LogP contribution in [0.1, 0.15) is 11.1 Å². The average molecular weight is 289 g/mol. The van der Waals surface area contributed by atoms with E-state index < -0.39 is 47.4 Å². The number of benzene rings is 1. The minimum atomic E-state index is -1.64. The Morgan fingerprint density at radius 1 is 1.00 bits per heavy atom. The van der Waals surface area contributed by atoms with Crippen molar-refractivity contribution >= 4 is 23.2 Å². The molecule has 0 saturated heterocycles. The van der Waals surface area contributed by atoms with Crippen LogP contribution >= 0.6 is 23.2 Å². The van der Waals surface area contributed by atoms with Gasteiger partial charge in [0.25, 0.3) is 0 Å². The molecule has 0 unspecified atom stereocenters. The molecule has 1 N–H and O–H groups in total. The van der Waals surface area contributed by atoms with Crippen LogP contribution in [0.2, 0.25) is 0 Å². The number of aliphatic hydroxyl groups excluding tert-OH is 1. The van der Waals surface area contributed by atoms with Gasteiger partial charge < -0.3 is 5.11 Å². The number of allylic oxidation sites excluding steroid dienone is 1. The van der Waals surface area contributed by atoms with Crippen LogP contribution in [-0.4, -0.2) is 5.11 Å². The Morgan fingerprint density at radius 3 is 1.76 bits per heavy atom. The van der Waals surface area contributed by atoms with E-state index >= 15 is 0 Å². The van der Waals surface area contributed by atoms with E-state index in [1.165, 1.54) is 0 Å². The number of hydrogen-bond donors (Lipinski definition) is 1. The van der Waals surface area contributed by atoms with E-state index in [4.69, 9.17) is 28.3 Å². The molecule has 0 aromatic heterocycles. The molecule has 17 heavy (non-hydrogen) atoms. The third kappa shape index (κ3) is 2.73. The van der Waals surface area contributed by atoms with Gasteiger partial charge in [-0.15, -0.1) is 0 Å². The highest BCUT2D eigenvalue weighted by Crippen LogP contribution is 2.27. The van der Waals surface area contributed by atoms with E-state index in [0.717, 1.165) is 5.54 Å². The first-order valence-corrected chi connectivity index (χ1v) is 5.14. The largest absolute Gasteiger partial charge is 0.391 e. The van der Waals surface area contributed by atoms with E-state index in [-0.39, 0.29) is 5.03 Å². The quantitative estimate of drug-likeness (QED) is 0.666. The predicted octanol–water partition coefficient (Wildman–Crippen LogP) is 3.60. The molecule has 0 aliphatic rings. The number of halogens is 6. The maximum Gasteiger partial charge on any atom is 0.167 e. The van der Waals surface area contributed by atoms with Crippen molar-refractivity contribution in [2.75, 3.05) is 0 Å².